The van der Waals surface area contributed by atoms with Gasteiger partial charge < -0.3 is 9.73 Å². The predicted molar refractivity (Wildman–Crippen MR) is 81.8 cm³/mol. The molecule has 1 aromatic carbocycles. The molecule has 1 amide bonds. The smallest absolute Gasteiger partial charge is 0.418 e. The Kier molecular flexibility index (Phi) is 5.26. The SMILES string of the molecule is Cc1nc(SCC(=O)Nc2c(Cl)cccc2C(F)(F)F)oc1C. The first kappa shape index (κ1) is 17.7. The van der Waals surface area contributed by atoms with E-state index in [1.807, 2.05) is 0 Å². The van der Waals surface area contributed by atoms with Crippen LogP contribution in [0, 0.1) is 13.8 Å². The monoisotopic (exact) mass is 364 g/mol. The summed E-state index contributed by atoms with van der Waals surface area (Å²) in [5.41, 5.74) is -0.753. The molecule has 9 heteroatoms. The lowest BCUT2D eigenvalue weighted by Crippen LogP contribution is -2.18. The van der Waals surface area contributed by atoms with Gasteiger partial charge in [0.1, 0.15) is 5.76 Å². The van der Waals surface area contributed by atoms with Crippen LogP contribution in [0.15, 0.2) is 27.8 Å². The van der Waals surface area contributed by atoms with Crippen molar-refractivity contribution in [2.45, 2.75) is 25.2 Å². The van der Waals surface area contributed by atoms with Gasteiger partial charge in [-0.1, -0.05) is 29.4 Å². The molecule has 0 saturated carbocycles. The molecule has 1 heterocycles. The van der Waals surface area contributed by atoms with Crippen molar-refractivity contribution in [2.75, 3.05) is 11.1 Å². The first-order chi connectivity index (χ1) is 10.7. The molecule has 2 rings (SSSR count). The highest BCUT2D eigenvalue weighted by atomic mass is 35.5. The van der Waals surface area contributed by atoms with Crippen LogP contribution >= 0.6 is 23.4 Å². The Balaban J connectivity index is 2.08. The van der Waals surface area contributed by atoms with Gasteiger partial charge in [0.15, 0.2) is 0 Å². The molecule has 23 heavy (non-hydrogen) atoms. The van der Waals surface area contributed by atoms with Gasteiger partial charge in [0, 0.05) is 0 Å². The van der Waals surface area contributed by atoms with Crippen LogP contribution in [0.3, 0.4) is 0 Å². The van der Waals surface area contributed by atoms with Gasteiger partial charge >= 0.3 is 6.18 Å². The molecule has 0 spiro atoms. The summed E-state index contributed by atoms with van der Waals surface area (Å²) in [7, 11) is 0. The second kappa shape index (κ2) is 6.84. The van der Waals surface area contributed by atoms with Crippen LogP contribution < -0.4 is 5.32 Å². The van der Waals surface area contributed by atoms with Gasteiger partial charge in [-0.15, -0.1) is 0 Å². The van der Waals surface area contributed by atoms with E-state index in [4.69, 9.17) is 16.0 Å². The number of thioether (sulfide) groups is 1. The van der Waals surface area contributed by atoms with Crippen LogP contribution in [0.25, 0.3) is 0 Å². The third kappa shape index (κ3) is 4.42. The third-order valence-corrected chi connectivity index (χ3v) is 4.06. The van der Waals surface area contributed by atoms with Gasteiger partial charge in [-0.25, -0.2) is 4.98 Å². The molecule has 4 nitrogen and oxygen atoms in total. The molecule has 0 bridgehead atoms. The number of halogens is 4. The Bertz CT molecular complexity index is 712. The largest absolute Gasteiger partial charge is 0.437 e. The topological polar surface area (TPSA) is 55.1 Å². The number of para-hydroxylation sites is 1. The van der Waals surface area contributed by atoms with Crippen LogP contribution in [0.1, 0.15) is 17.0 Å². The lowest BCUT2D eigenvalue weighted by atomic mass is 10.1. The zero-order valence-electron chi connectivity index (χ0n) is 12.1. The van der Waals surface area contributed by atoms with E-state index >= 15 is 0 Å². The summed E-state index contributed by atoms with van der Waals surface area (Å²) >= 11 is 6.76. The van der Waals surface area contributed by atoms with Gasteiger partial charge in [-0.3, -0.25) is 4.79 Å². The number of alkyl halides is 3. The fourth-order valence-electron chi connectivity index (χ4n) is 1.70. The number of aryl methyl sites for hydroxylation is 2. The van der Waals surface area contributed by atoms with Crippen LogP contribution in [-0.4, -0.2) is 16.6 Å². The maximum Gasteiger partial charge on any atom is 0.418 e. The molecule has 124 valence electrons. The zero-order chi connectivity index (χ0) is 17.2. The number of amides is 1. The Morgan fingerprint density at radius 3 is 2.65 bits per heavy atom. The summed E-state index contributed by atoms with van der Waals surface area (Å²) in [4.78, 5) is 16.0. The number of nitrogens with zero attached hydrogens (tertiary/aromatic N) is 1. The van der Waals surface area contributed by atoms with E-state index in [2.05, 4.69) is 10.3 Å². The van der Waals surface area contributed by atoms with Gasteiger partial charge in [-0.05, 0) is 26.0 Å². The number of aromatic nitrogens is 1. The summed E-state index contributed by atoms with van der Waals surface area (Å²) in [6.45, 7) is 3.48. The maximum absolute atomic E-state index is 12.9. The number of anilines is 1. The molecular weight excluding hydrogens is 353 g/mol. The normalized spacial score (nSPS) is 11.6. The lowest BCUT2D eigenvalue weighted by molar-refractivity contribution is -0.137. The lowest BCUT2D eigenvalue weighted by Gasteiger charge is -2.14. The van der Waals surface area contributed by atoms with Crippen LogP contribution in [0.4, 0.5) is 18.9 Å². The van der Waals surface area contributed by atoms with Crippen molar-refractivity contribution in [3.63, 3.8) is 0 Å². The van der Waals surface area contributed by atoms with Crippen molar-refractivity contribution in [3.8, 4) is 0 Å². The van der Waals surface area contributed by atoms with E-state index in [-0.39, 0.29) is 16.0 Å². The minimum atomic E-state index is -4.61. The Morgan fingerprint density at radius 2 is 2.09 bits per heavy atom. The van der Waals surface area contributed by atoms with Gasteiger partial charge in [0.2, 0.25) is 5.91 Å². The summed E-state index contributed by atoms with van der Waals surface area (Å²) in [5, 5.41) is 2.30. The number of carbonyl (C=O) groups is 1. The fraction of sp³-hybridized carbons (Fsp3) is 0.286. The molecule has 0 aliphatic rings. The van der Waals surface area contributed by atoms with E-state index in [1.54, 1.807) is 13.8 Å². The van der Waals surface area contributed by atoms with E-state index in [9.17, 15) is 18.0 Å². The van der Waals surface area contributed by atoms with E-state index in [0.29, 0.717) is 11.5 Å². The summed E-state index contributed by atoms with van der Waals surface area (Å²) < 4.78 is 44.1. The Hall–Kier alpha value is -1.67. The number of nitrogens with one attached hydrogen (secondary N) is 1. The summed E-state index contributed by atoms with van der Waals surface area (Å²) in [6, 6.07) is 3.31. The molecule has 0 aliphatic heterocycles. The first-order valence-corrected chi connectivity index (χ1v) is 7.77. The molecule has 0 fully saturated rings. The average Bonchev–Trinajstić information content (AvgIpc) is 2.76. The molecule has 0 saturated heterocycles. The van der Waals surface area contributed by atoms with Gasteiger partial charge in [0.05, 0.1) is 27.7 Å². The van der Waals surface area contributed by atoms with Crippen molar-refractivity contribution in [1.82, 2.24) is 4.98 Å². The second-order valence-corrected chi connectivity index (χ2v) is 5.95. The summed E-state index contributed by atoms with van der Waals surface area (Å²) in [5.74, 6) is -0.164. The van der Waals surface area contributed by atoms with Crippen molar-refractivity contribution >= 4 is 35.0 Å². The Morgan fingerprint density at radius 1 is 1.39 bits per heavy atom. The number of benzene rings is 1. The molecule has 1 N–H and O–H groups in total. The van der Waals surface area contributed by atoms with Crippen molar-refractivity contribution in [1.29, 1.82) is 0 Å². The van der Waals surface area contributed by atoms with E-state index in [0.717, 1.165) is 17.8 Å². The average molecular weight is 365 g/mol. The van der Waals surface area contributed by atoms with Crippen molar-refractivity contribution < 1.29 is 22.4 Å². The second-order valence-electron chi connectivity index (χ2n) is 4.62. The van der Waals surface area contributed by atoms with Gasteiger partial charge in [0.25, 0.3) is 5.22 Å². The van der Waals surface area contributed by atoms with Crippen molar-refractivity contribution in [3.05, 3.63) is 40.2 Å². The molecule has 0 atom stereocenters. The van der Waals surface area contributed by atoms with Crippen molar-refractivity contribution in [2.24, 2.45) is 0 Å². The Labute approximate surface area is 139 Å². The van der Waals surface area contributed by atoms with E-state index < -0.39 is 23.3 Å². The van der Waals surface area contributed by atoms with Crippen LogP contribution in [-0.2, 0) is 11.0 Å². The van der Waals surface area contributed by atoms with Gasteiger partial charge in [-0.2, -0.15) is 13.2 Å². The number of carbonyl (C=O) groups excluding carboxylic acids is 1. The fourth-order valence-corrected chi connectivity index (χ4v) is 2.63. The summed E-state index contributed by atoms with van der Waals surface area (Å²) in [6.07, 6.45) is -4.61. The molecule has 0 radical (unpaired) electrons. The minimum Gasteiger partial charge on any atom is -0.437 e. The number of hydrogen-bond acceptors (Lipinski definition) is 4. The molecule has 1 aromatic heterocycles. The molecule has 0 unspecified atom stereocenters. The quantitative estimate of drug-likeness (QED) is 0.799. The predicted octanol–water partition coefficient (Wildman–Crippen LogP) is 4.69. The number of hydrogen-bond donors (Lipinski definition) is 1. The van der Waals surface area contributed by atoms with E-state index in [1.165, 1.54) is 12.1 Å². The minimum absolute atomic E-state index is 0.151. The standard InChI is InChI=1S/C14H12ClF3N2O2S/c1-7-8(2)22-13(19-7)23-6-11(21)20-12-9(14(16,17)18)4-3-5-10(12)15/h3-5H,6H2,1-2H3,(H,20,21). The number of rotatable bonds is 4. The van der Waals surface area contributed by atoms with Crippen LogP contribution in [0.5, 0.6) is 0 Å². The molecule has 0 aliphatic carbocycles. The number of oxazole rings is 1. The van der Waals surface area contributed by atoms with Crippen LogP contribution in [0.2, 0.25) is 5.02 Å². The third-order valence-electron chi connectivity index (χ3n) is 2.92. The highest BCUT2D eigenvalue weighted by Gasteiger charge is 2.34. The molecule has 2 aromatic rings. The first-order valence-electron chi connectivity index (χ1n) is 6.41. The highest BCUT2D eigenvalue weighted by molar-refractivity contribution is 7.99. The zero-order valence-corrected chi connectivity index (χ0v) is 13.7. The molecular formula is C14H12ClF3N2O2S. The highest BCUT2D eigenvalue weighted by Crippen LogP contribution is 2.38. The maximum atomic E-state index is 12.9.